The van der Waals surface area contributed by atoms with Crippen LogP contribution in [0.4, 0.5) is 0 Å². The third-order valence-corrected chi connectivity index (χ3v) is 6.47. The fourth-order valence-electron chi connectivity index (χ4n) is 3.33. The van der Waals surface area contributed by atoms with Gasteiger partial charge in [-0.25, -0.2) is 8.42 Å². The van der Waals surface area contributed by atoms with Crippen molar-refractivity contribution in [3.05, 3.63) is 65.7 Å². The Balaban J connectivity index is 1.32. The molecule has 2 amide bonds. The average Bonchev–Trinajstić information content (AvgIpc) is 3.05. The molecule has 1 heterocycles. The Labute approximate surface area is 188 Å². The maximum absolute atomic E-state index is 12.1. The van der Waals surface area contributed by atoms with E-state index in [2.05, 4.69) is 20.3 Å². The molecule has 0 aromatic heterocycles. The van der Waals surface area contributed by atoms with Gasteiger partial charge in [0.25, 0.3) is 10.0 Å². The molecular formula is C23H28N4O4S. The summed E-state index contributed by atoms with van der Waals surface area (Å²) in [6, 6.07) is 15.7. The SMILES string of the molecule is CC(NC(=O)CCCCCN=C1NS(=O)(=O)c2ccccc21)C(=O)NCc1ccccc1. The summed E-state index contributed by atoms with van der Waals surface area (Å²) < 4.78 is 26.6. The number of benzene rings is 2. The molecule has 0 aliphatic carbocycles. The number of unbranched alkanes of at least 4 members (excludes halogenated alkanes) is 2. The molecule has 0 spiro atoms. The topological polar surface area (TPSA) is 117 Å². The normalized spacial score (nSPS) is 16.1. The first-order chi connectivity index (χ1) is 15.4. The molecular weight excluding hydrogens is 428 g/mol. The number of hydrogen-bond acceptors (Lipinski definition) is 5. The highest BCUT2D eigenvalue weighted by molar-refractivity contribution is 7.90. The van der Waals surface area contributed by atoms with E-state index < -0.39 is 16.1 Å². The zero-order valence-corrected chi connectivity index (χ0v) is 18.8. The van der Waals surface area contributed by atoms with Gasteiger partial charge < -0.3 is 10.6 Å². The Kier molecular flexibility index (Phi) is 7.99. The van der Waals surface area contributed by atoms with Gasteiger partial charge in [0, 0.05) is 25.1 Å². The number of carbonyl (C=O) groups is 2. The highest BCUT2D eigenvalue weighted by atomic mass is 32.2. The monoisotopic (exact) mass is 456 g/mol. The van der Waals surface area contributed by atoms with Crippen LogP contribution in [-0.2, 0) is 26.2 Å². The number of nitrogens with one attached hydrogen (secondary N) is 3. The summed E-state index contributed by atoms with van der Waals surface area (Å²) in [5.74, 6) is -0.0258. The maximum atomic E-state index is 12.1. The lowest BCUT2D eigenvalue weighted by Gasteiger charge is -2.14. The van der Waals surface area contributed by atoms with Crippen LogP contribution in [0.3, 0.4) is 0 Å². The lowest BCUT2D eigenvalue weighted by Crippen LogP contribution is -2.44. The number of aliphatic imine (C=N–C) groups is 1. The van der Waals surface area contributed by atoms with Crippen LogP contribution in [0.2, 0.25) is 0 Å². The minimum absolute atomic E-state index is 0.170. The van der Waals surface area contributed by atoms with Gasteiger partial charge in [-0.15, -0.1) is 0 Å². The highest BCUT2D eigenvalue weighted by Crippen LogP contribution is 2.22. The van der Waals surface area contributed by atoms with Crippen LogP contribution in [0.1, 0.15) is 43.7 Å². The number of rotatable bonds is 10. The molecule has 1 aliphatic rings. The number of hydrogen-bond donors (Lipinski definition) is 3. The molecule has 9 heteroatoms. The first kappa shape index (κ1) is 23.5. The van der Waals surface area contributed by atoms with Crippen LogP contribution in [0.5, 0.6) is 0 Å². The minimum Gasteiger partial charge on any atom is -0.350 e. The summed E-state index contributed by atoms with van der Waals surface area (Å²) in [5.41, 5.74) is 1.59. The molecule has 1 atom stereocenters. The molecule has 2 aromatic rings. The average molecular weight is 457 g/mol. The van der Waals surface area contributed by atoms with Crippen molar-refractivity contribution in [1.82, 2.24) is 15.4 Å². The van der Waals surface area contributed by atoms with E-state index in [1.807, 2.05) is 30.3 Å². The Hall–Kier alpha value is -3.20. The number of nitrogens with zero attached hydrogens (tertiary/aromatic N) is 1. The highest BCUT2D eigenvalue weighted by Gasteiger charge is 2.29. The molecule has 1 unspecified atom stereocenters. The first-order valence-corrected chi connectivity index (χ1v) is 12.1. The summed E-state index contributed by atoms with van der Waals surface area (Å²) in [4.78, 5) is 28.8. The quantitative estimate of drug-likeness (QED) is 0.475. The van der Waals surface area contributed by atoms with E-state index in [0.29, 0.717) is 37.3 Å². The first-order valence-electron chi connectivity index (χ1n) is 10.6. The Morgan fingerprint density at radius 2 is 1.72 bits per heavy atom. The molecule has 3 N–H and O–H groups in total. The van der Waals surface area contributed by atoms with Gasteiger partial charge >= 0.3 is 0 Å². The smallest absolute Gasteiger partial charge is 0.263 e. The fourth-order valence-corrected chi connectivity index (χ4v) is 4.58. The van der Waals surface area contributed by atoms with E-state index in [-0.39, 0.29) is 16.7 Å². The van der Waals surface area contributed by atoms with Crippen LogP contribution in [0.15, 0.2) is 64.5 Å². The number of sulfonamides is 1. The van der Waals surface area contributed by atoms with Gasteiger partial charge in [-0.2, -0.15) is 0 Å². The van der Waals surface area contributed by atoms with Gasteiger partial charge in [-0.05, 0) is 37.5 Å². The van der Waals surface area contributed by atoms with Gasteiger partial charge in [-0.3, -0.25) is 19.3 Å². The predicted octanol–water partition coefficient (Wildman–Crippen LogP) is 2.11. The van der Waals surface area contributed by atoms with Gasteiger partial charge in [0.15, 0.2) is 0 Å². The standard InChI is InChI=1S/C23H28N4O4S/c1-17(23(29)25-16-18-10-4-2-5-11-18)26-21(28)14-6-3-9-15-24-22-19-12-7-8-13-20(19)32(30,31)27-22/h2,4-5,7-8,10-13,17H,3,6,9,14-16H2,1H3,(H,24,27)(H,25,29)(H,26,28). The Morgan fingerprint density at radius 3 is 2.50 bits per heavy atom. The maximum Gasteiger partial charge on any atom is 0.263 e. The minimum atomic E-state index is -3.52. The second-order valence-electron chi connectivity index (χ2n) is 7.64. The molecule has 0 fully saturated rings. The fraction of sp³-hybridized carbons (Fsp3) is 0.348. The van der Waals surface area contributed by atoms with Crippen molar-refractivity contribution >= 4 is 27.7 Å². The summed E-state index contributed by atoms with van der Waals surface area (Å²) in [5, 5.41) is 5.53. The molecule has 2 aromatic carbocycles. The van der Waals surface area contributed by atoms with Crippen LogP contribution in [0.25, 0.3) is 0 Å². The van der Waals surface area contributed by atoms with Gasteiger partial charge in [0.05, 0.1) is 4.90 Å². The van der Waals surface area contributed by atoms with Crippen molar-refractivity contribution in [2.45, 2.75) is 50.1 Å². The third kappa shape index (κ3) is 6.40. The molecule has 32 heavy (non-hydrogen) atoms. The second-order valence-corrected chi connectivity index (χ2v) is 9.29. The zero-order chi connectivity index (χ0) is 23.0. The summed E-state index contributed by atoms with van der Waals surface area (Å²) >= 11 is 0. The van der Waals surface area contributed by atoms with Crippen molar-refractivity contribution < 1.29 is 18.0 Å². The van der Waals surface area contributed by atoms with Crippen molar-refractivity contribution in [1.29, 1.82) is 0 Å². The Morgan fingerprint density at radius 1 is 1.00 bits per heavy atom. The molecule has 0 saturated heterocycles. The number of carbonyl (C=O) groups excluding carboxylic acids is 2. The number of fused-ring (bicyclic) bond motifs is 1. The molecule has 0 radical (unpaired) electrons. The Bertz CT molecular complexity index is 1080. The lowest BCUT2D eigenvalue weighted by molar-refractivity contribution is -0.128. The molecule has 8 nitrogen and oxygen atoms in total. The predicted molar refractivity (Wildman–Crippen MR) is 123 cm³/mol. The summed E-state index contributed by atoms with van der Waals surface area (Å²) in [7, 11) is -3.52. The molecule has 0 bridgehead atoms. The van der Waals surface area contributed by atoms with Crippen molar-refractivity contribution in [2.75, 3.05) is 6.54 Å². The van der Waals surface area contributed by atoms with E-state index in [1.165, 1.54) is 0 Å². The number of amides is 2. The van der Waals surface area contributed by atoms with Gasteiger partial charge in [0.2, 0.25) is 11.8 Å². The second kappa shape index (κ2) is 10.9. The van der Waals surface area contributed by atoms with Crippen LogP contribution < -0.4 is 15.4 Å². The summed E-state index contributed by atoms with van der Waals surface area (Å²) in [6.07, 6.45) is 2.49. The van der Waals surface area contributed by atoms with E-state index in [9.17, 15) is 18.0 Å². The largest absolute Gasteiger partial charge is 0.350 e. The van der Waals surface area contributed by atoms with Crippen LogP contribution in [-0.4, -0.2) is 38.7 Å². The molecule has 170 valence electrons. The van der Waals surface area contributed by atoms with E-state index in [4.69, 9.17) is 0 Å². The summed E-state index contributed by atoms with van der Waals surface area (Å²) in [6.45, 7) is 2.55. The van der Waals surface area contributed by atoms with Crippen LogP contribution in [0, 0.1) is 0 Å². The van der Waals surface area contributed by atoms with Crippen LogP contribution >= 0.6 is 0 Å². The van der Waals surface area contributed by atoms with Crippen molar-refractivity contribution in [3.63, 3.8) is 0 Å². The molecule has 0 saturated carbocycles. The molecule has 1 aliphatic heterocycles. The van der Waals surface area contributed by atoms with Crippen molar-refractivity contribution in [3.8, 4) is 0 Å². The zero-order valence-electron chi connectivity index (χ0n) is 18.0. The van der Waals surface area contributed by atoms with Crippen molar-refractivity contribution in [2.24, 2.45) is 4.99 Å². The van der Waals surface area contributed by atoms with Gasteiger partial charge in [0.1, 0.15) is 11.9 Å². The lowest BCUT2D eigenvalue weighted by atomic mass is 10.1. The van der Waals surface area contributed by atoms with E-state index >= 15 is 0 Å². The number of amidine groups is 1. The van der Waals surface area contributed by atoms with E-state index in [1.54, 1.807) is 31.2 Å². The van der Waals surface area contributed by atoms with E-state index in [0.717, 1.165) is 18.4 Å². The van der Waals surface area contributed by atoms with Gasteiger partial charge in [-0.1, -0.05) is 48.9 Å². The molecule has 3 rings (SSSR count). The third-order valence-electron chi connectivity index (χ3n) is 5.07.